The summed E-state index contributed by atoms with van der Waals surface area (Å²) in [5.41, 5.74) is 0.161. The van der Waals surface area contributed by atoms with Crippen LogP contribution in [0.4, 0.5) is 0 Å². The summed E-state index contributed by atoms with van der Waals surface area (Å²) >= 11 is 3.37. The molecule has 0 aliphatic carbocycles. The Morgan fingerprint density at radius 2 is 2.33 bits per heavy atom. The lowest BCUT2D eigenvalue weighted by Gasteiger charge is -2.18. The highest BCUT2D eigenvalue weighted by molar-refractivity contribution is 9.10. The fourth-order valence-corrected chi connectivity index (χ4v) is 2.69. The zero-order valence-electron chi connectivity index (χ0n) is 10.5. The molecule has 98 valence electrons. The van der Waals surface area contributed by atoms with Gasteiger partial charge in [-0.25, -0.2) is 0 Å². The van der Waals surface area contributed by atoms with E-state index in [1.54, 1.807) is 0 Å². The Balaban J connectivity index is 1.86. The van der Waals surface area contributed by atoms with Gasteiger partial charge in [-0.2, -0.15) is 0 Å². The number of nitrogens with zero attached hydrogens (tertiary/aromatic N) is 1. The summed E-state index contributed by atoms with van der Waals surface area (Å²) < 4.78 is 0.928. The first-order valence-corrected chi connectivity index (χ1v) is 6.99. The van der Waals surface area contributed by atoms with Gasteiger partial charge in [0, 0.05) is 36.1 Å². The Morgan fingerprint density at radius 1 is 1.56 bits per heavy atom. The molecule has 1 N–H and O–H groups in total. The quantitative estimate of drug-likeness (QED) is 0.868. The molecule has 1 aliphatic heterocycles. The zero-order valence-corrected chi connectivity index (χ0v) is 12.1. The number of benzene rings is 1. The number of halogens is 1. The van der Waals surface area contributed by atoms with Crippen LogP contribution in [0.25, 0.3) is 0 Å². The van der Waals surface area contributed by atoms with Crippen LogP contribution in [0.2, 0.25) is 0 Å². The van der Waals surface area contributed by atoms with Gasteiger partial charge in [-0.1, -0.05) is 28.1 Å². The second-order valence-corrected chi connectivity index (χ2v) is 6.12. The number of hydrogen-bond acceptors (Lipinski definition) is 3. The molecule has 1 heterocycles. The van der Waals surface area contributed by atoms with Gasteiger partial charge >= 0.3 is 0 Å². The molecule has 3 nitrogen and oxygen atoms in total. The van der Waals surface area contributed by atoms with Gasteiger partial charge < -0.3 is 5.11 Å². The molecule has 1 aromatic carbocycles. The lowest BCUT2D eigenvalue weighted by Crippen LogP contribution is -2.31. The topological polar surface area (TPSA) is 40.5 Å². The van der Waals surface area contributed by atoms with Crippen LogP contribution in [-0.4, -0.2) is 41.0 Å². The molecule has 0 saturated carbocycles. The number of β-amino-alcohol motifs (C(OH)–C–C–N with tert-alkyl or cyclic N) is 1. The summed E-state index contributed by atoms with van der Waals surface area (Å²) in [6.07, 6.45) is 1.30. The summed E-state index contributed by atoms with van der Waals surface area (Å²) in [7, 11) is 0. The van der Waals surface area contributed by atoms with E-state index in [-0.39, 0.29) is 5.78 Å². The Kier molecular flexibility index (Phi) is 4.20. The average Bonchev–Trinajstić information content (AvgIpc) is 2.66. The van der Waals surface area contributed by atoms with Gasteiger partial charge in [0.1, 0.15) is 0 Å². The van der Waals surface area contributed by atoms with Crippen LogP contribution in [0.5, 0.6) is 0 Å². The van der Waals surface area contributed by atoms with Crippen molar-refractivity contribution in [2.24, 2.45) is 0 Å². The van der Waals surface area contributed by atoms with E-state index < -0.39 is 5.60 Å². The number of likely N-dealkylation sites (tertiary alicyclic amines) is 1. The number of rotatable bonds is 4. The maximum atomic E-state index is 12.0. The van der Waals surface area contributed by atoms with Crippen molar-refractivity contribution in [3.8, 4) is 0 Å². The van der Waals surface area contributed by atoms with Crippen molar-refractivity contribution in [3.63, 3.8) is 0 Å². The highest BCUT2D eigenvalue weighted by Gasteiger charge is 2.31. The number of carbonyl (C=O) groups is 1. The van der Waals surface area contributed by atoms with Crippen molar-refractivity contribution in [3.05, 3.63) is 34.3 Å². The molecule has 0 bridgehead atoms. The van der Waals surface area contributed by atoms with E-state index in [4.69, 9.17) is 0 Å². The molecule has 1 fully saturated rings. The molecule has 1 atom stereocenters. The van der Waals surface area contributed by atoms with Crippen LogP contribution in [-0.2, 0) is 0 Å². The lowest BCUT2D eigenvalue weighted by atomic mass is 10.1. The summed E-state index contributed by atoms with van der Waals surface area (Å²) in [5, 5.41) is 9.85. The molecular formula is C14H18BrNO2. The van der Waals surface area contributed by atoms with Crippen LogP contribution in [0.3, 0.4) is 0 Å². The number of ketones is 1. The van der Waals surface area contributed by atoms with Gasteiger partial charge in [0.2, 0.25) is 0 Å². The third-order valence-electron chi connectivity index (χ3n) is 3.33. The molecule has 4 heteroatoms. The van der Waals surface area contributed by atoms with Crippen molar-refractivity contribution in [2.75, 3.05) is 19.6 Å². The van der Waals surface area contributed by atoms with Crippen molar-refractivity contribution in [1.29, 1.82) is 0 Å². The van der Waals surface area contributed by atoms with Crippen LogP contribution < -0.4 is 0 Å². The SMILES string of the molecule is CC1(O)CCN(CCC(=O)c2cccc(Br)c2)C1. The molecule has 1 saturated heterocycles. The first kappa shape index (κ1) is 13.7. The Labute approximate surface area is 116 Å². The molecule has 0 amide bonds. The van der Waals surface area contributed by atoms with Gasteiger partial charge in [-0.05, 0) is 25.5 Å². The summed E-state index contributed by atoms with van der Waals surface area (Å²) in [6, 6.07) is 7.47. The minimum absolute atomic E-state index is 0.155. The van der Waals surface area contributed by atoms with Crippen LogP contribution in [0.1, 0.15) is 30.1 Å². The van der Waals surface area contributed by atoms with E-state index >= 15 is 0 Å². The monoisotopic (exact) mass is 311 g/mol. The Hall–Kier alpha value is -0.710. The molecule has 1 aliphatic rings. The van der Waals surface area contributed by atoms with Gasteiger partial charge in [-0.3, -0.25) is 9.69 Å². The second-order valence-electron chi connectivity index (χ2n) is 5.21. The fourth-order valence-electron chi connectivity index (χ4n) is 2.30. The summed E-state index contributed by atoms with van der Waals surface area (Å²) in [6.45, 7) is 4.11. The van der Waals surface area contributed by atoms with E-state index in [0.29, 0.717) is 13.0 Å². The lowest BCUT2D eigenvalue weighted by molar-refractivity contribution is 0.0677. The first-order chi connectivity index (χ1) is 8.46. The van der Waals surface area contributed by atoms with Crippen molar-refractivity contribution >= 4 is 21.7 Å². The Bertz CT molecular complexity index is 445. The molecule has 2 rings (SSSR count). The maximum Gasteiger partial charge on any atom is 0.164 e. The van der Waals surface area contributed by atoms with Crippen molar-refractivity contribution in [1.82, 2.24) is 4.90 Å². The minimum Gasteiger partial charge on any atom is -0.389 e. The molecule has 1 unspecified atom stereocenters. The highest BCUT2D eigenvalue weighted by Crippen LogP contribution is 2.20. The van der Waals surface area contributed by atoms with E-state index in [1.807, 2.05) is 31.2 Å². The molecule has 0 aromatic heterocycles. The third kappa shape index (κ3) is 3.64. The molecule has 0 radical (unpaired) electrons. The molecule has 1 aromatic rings. The number of Topliss-reactive ketones (excluding diaryl/α,β-unsaturated/α-hetero) is 1. The predicted octanol–water partition coefficient (Wildman–Crippen LogP) is 2.48. The van der Waals surface area contributed by atoms with E-state index in [1.165, 1.54) is 0 Å². The number of carbonyl (C=O) groups excluding carboxylic acids is 1. The number of aliphatic hydroxyl groups is 1. The molecule has 0 spiro atoms. The Morgan fingerprint density at radius 3 is 2.94 bits per heavy atom. The van der Waals surface area contributed by atoms with Crippen molar-refractivity contribution in [2.45, 2.75) is 25.4 Å². The van der Waals surface area contributed by atoms with Crippen LogP contribution in [0.15, 0.2) is 28.7 Å². The van der Waals surface area contributed by atoms with Crippen LogP contribution in [0, 0.1) is 0 Å². The standard InChI is InChI=1S/C14H18BrNO2/c1-14(18)6-8-16(10-14)7-5-13(17)11-3-2-4-12(15)9-11/h2-4,9,18H,5-8,10H2,1H3. The average molecular weight is 312 g/mol. The van der Waals surface area contributed by atoms with E-state index in [9.17, 15) is 9.90 Å². The fraction of sp³-hybridized carbons (Fsp3) is 0.500. The smallest absolute Gasteiger partial charge is 0.164 e. The first-order valence-electron chi connectivity index (χ1n) is 6.20. The van der Waals surface area contributed by atoms with Gasteiger partial charge in [0.15, 0.2) is 5.78 Å². The maximum absolute atomic E-state index is 12.0. The molecule has 18 heavy (non-hydrogen) atoms. The normalized spacial score (nSPS) is 24.4. The van der Waals surface area contributed by atoms with E-state index in [2.05, 4.69) is 20.8 Å². The largest absolute Gasteiger partial charge is 0.389 e. The van der Waals surface area contributed by atoms with Crippen molar-refractivity contribution < 1.29 is 9.90 Å². The third-order valence-corrected chi connectivity index (χ3v) is 3.83. The number of hydrogen-bond donors (Lipinski definition) is 1. The van der Waals surface area contributed by atoms with Gasteiger partial charge in [-0.15, -0.1) is 0 Å². The predicted molar refractivity (Wildman–Crippen MR) is 74.8 cm³/mol. The summed E-state index contributed by atoms with van der Waals surface area (Å²) in [4.78, 5) is 14.2. The molecular weight excluding hydrogens is 294 g/mol. The highest BCUT2D eigenvalue weighted by atomic mass is 79.9. The van der Waals surface area contributed by atoms with Crippen LogP contribution >= 0.6 is 15.9 Å². The van der Waals surface area contributed by atoms with Gasteiger partial charge in [0.25, 0.3) is 0 Å². The van der Waals surface area contributed by atoms with Gasteiger partial charge in [0.05, 0.1) is 5.60 Å². The second kappa shape index (κ2) is 5.51. The summed E-state index contributed by atoms with van der Waals surface area (Å²) in [5.74, 6) is 0.155. The zero-order chi connectivity index (χ0) is 13.2. The minimum atomic E-state index is -0.585. The van der Waals surface area contributed by atoms with E-state index in [0.717, 1.165) is 29.5 Å².